The fourth-order valence-electron chi connectivity index (χ4n) is 4.71. The van der Waals surface area contributed by atoms with E-state index in [4.69, 9.17) is 30.5 Å². The highest BCUT2D eigenvalue weighted by Gasteiger charge is 2.28. The summed E-state index contributed by atoms with van der Waals surface area (Å²) < 4.78 is 22.2. The highest BCUT2D eigenvalue weighted by atomic mass is 35.5. The zero-order chi connectivity index (χ0) is 24.8. The SMILES string of the molecule is COc1cc(C(=O)N2CCN(CC3CN(Cc4ccccc4Cl)CCO3)CC2)cc(OC)c1OC. The van der Waals surface area contributed by atoms with Crippen LogP contribution < -0.4 is 14.2 Å². The molecule has 1 unspecified atom stereocenters. The number of hydrogen-bond acceptors (Lipinski definition) is 7. The van der Waals surface area contributed by atoms with Gasteiger partial charge in [-0.1, -0.05) is 29.8 Å². The number of nitrogens with zero attached hydrogens (tertiary/aromatic N) is 3. The molecule has 8 nitrogen and oxygen atoms in total. The smallest absolute Gasteiger partial charge is 0.254 e. The third kappa shape index (κ3) is 6.19. The number of halogens is 1. The lowest BCUT2D eigenvalue weighted by atomic mass is 10.1. The van der Waals surface area contributed by atoms with Crippen molar-refractivity contribution in [1.29, 1.82) is 0 Å². The molecule has 9 heteroatoms. The number of hydrogen-bond donors (Lipinski definition) is 0. The molecule has 1 atom stereocenters. The van der Waals surface area contributed by atoms with Gasteiger partial charge in [0.1, 0.15) is 0 Å². The minimum absolute atomic E-state index is 0.0382. The van der Waals surface area contributed by atoms with Crippen molar-refractivity contribution in [2.45, 2.75) is 12.6 Å². The summed E-state index contributed by atoms with van der Waals surface area (Å²) in [5, 5.41) is 0.809. The van der Waals surface area contributed by atoms with Crippen LogP contribution in [-0.2, 0) is 11.3 Å². The summed E-state index contributed by atoms with van der Waals surface area (Å²) in [7, 11) is 4.65. The van der Waals surface area contributed by atoms with Gasteiger partial charge in [-0.2, -0.15) is 0 Å². The fraction of sp³-hybridized carbons (Fsp3) is 0.500. The molecule has 2 saturated heterocycles. The minimum atomic E-state index is -0.0382. The number of carbonyl (C=O) groups is 1. The maximum atomic E-state index is 13.2. The van der Waals surface area contributed by atoms with Crippen molar-refractivity contribution >= 4 is 17.5 Å². The Hall–Kier alpha value is -2.52. The van der Waals surface area contributed by atoms with Crippen molar-refractivity contribution in [1.82, 2.24) is 14.7 Å². The molecule has 0 spiro atoms. The molecule has 0 saturated carbocycles. The van der Waals surface area contributed by atoms with E-state index in [1.165, 1.54) is 0 Å². The first-order valence-corrected chi connectivity index (χ1v) is 12.3. The van der Waals surface area contributed by atoms with Gasteiger partial charge in [0.2, 0.25) is 5.75 Å². The molecule has 2 aromatic rings. The molecule has 190 valence electrons. The van der Waals surface area contributed by atoms with Gasteiger partial charge in [-0.05, 0) is 23.8 Å². The zero-order valence-electron chi connectivity index (χ0n) is 20.7. The first kappa shape index (κ1) is 25.6. The third-order valence-corrected chi connectivity index (χ3v) is 6.98. The van der Waals surface area contributed by atoms with Crippen LogP contribution in [0.3, 0.4) is 0 Å². The second kappa shape index (κ2) is 11.9. The zero-order valence-corrected chi connectivity index (χ0v) is 21.4. The fourth-order valence-corrected chi connectivity index (χ4v) is 4.91. The highest BCUT2D eigenvalue weighted by Crippen LogP contribution is 2.38. The van der Waals surface area contributed by atoms with Crippen molar-refractivity contribution in [3.63, 3.8) is 0 Å². The molecule has 0 aliphatic carbocycles. The van der Waals surface area contributed by atoms with E-state index in [0.717, 1.165) is 49.9 Å². The largest absolute Gasteiger partial charge is 0.493 e. The number of carbonyl (C=O) groups excluding carboxylic acids is 1. The van der Waals surface area contributed by atoms with Crippen molar-refractivity contribution in [2.75, 3.05) is 73.7 Å². The Kier molecular flexibility index (Phi) is 8.73. The van der Waals surface area contributed by atoms with Crippen LogP contribution in [0.1, 0.15) is 15.9 Å². The summed E-state index contributed by atoms with van der Waals surface area (Å²) in [5.41, 5.74) is 1.67. The number of ether oxygens (including phenoxy) is 4. The number of amides is 1. The Labute approximate surface area is 212 Å². The molecule has 2 aliphatic rings. The molecule has 2 heterocycles. The van der Waals surface area contributed by atoms with E-state index in [1.54, 1.807) is 33.5 Å². The van der Waals surface area contributed by atoms with Crippen molar-refractivity contribution in [3.8, 4) is 17.2 Å². The van der Waals surface area contributed by atoms with E-state index in [9.17, 15) is 4.79 Å². The third-order valence-electron chi connectivity index (χ3n) is 6.61. The second-order valence-electron chi connectivity index (χ2n) is 8.83. The summed E-state index contributed by atoms with van der Waals surface area (Å²) in [5.74, 6) is 1.39. The summed E-state index contributed by atoms with van der Waals surface area (Å²) in [6, 6.07) is 11.4. The maximum absolute atomic E-state index is 13.2. The molecular weight excluding hydrogens is 470 g/mol. The standard InChI is InChI=1S/C26H34ClN3O5/c1-32-23-14-20(15-24(33-2)25(23)34-3)26(31)30-10-8-28(9-11-30)17-21-18-29(12-13-35-21)16-19-6-4-5-7-22(19)27/h4-7,14-15,21H,8-13,16-18H2,1-3H3. The molecule has 2 aliphatic heterocycles. The number of rotatable bonds is 8. The van der Waals surface area contributed by atoms with Gasteiger partial charge in [0, 0.05) is 62.9 Å². The second-order valence-corrected chi connectivity index (χ2v) is 9.23. The lowest BCUT2D eigenvalue weighted by Gasteiger charge is -2.39. The predicted octanol–water partition coefficient (Wildman–Crippen LogP) is 3.02. The Bertz CT molecular complexity index is 987. The van der Waals surface area contributed by atoms with E-state index in [0.29, 0.717) is 42.5 Å². The number of methoxy groups -OCH3 is 3. The van der Waals surface area contributed by atoms with Crippen LogP contribution in [0.2, 0.25) is 5.02 Å². The highest BCUT2D eigenvalue weighted by molar-refractivity contribution is 6.31. The topological polar surface area (TPSA) is 63.7 Å². The van der Waals surface area contributed by atoms with Crippen LogP contribution in [-0.4, -0.2) is 100 Å². The van der Waals surface area contributed by atoms with Gasteiger partial charge in [-0.3, -0.25) is 14.6 Å². The number of morpholine rings is 1. The predicted molar refractivity (Wildman–Crippen MR) is 135 cm³/mol. The van der Waals surface area contributed by atoms with E-state index < -0.39 is 0 Å². The number of benzene rings is 2. The van der Waals surface area contributed by atoms with E-state index in [2.05, 4.69) is 15.9 Å². The van der Waals surface area contributed by atoms with Gasteiger partial charge in [0.25, 0.3) is 5.91 Å². The van der Waals surface area contributed by atoms with Crippen LogP contribution in [0.25, 0.3) is 0 Å². The lowest BCUT2D eigenvalue weighted by Crippen LogP contribution is -2.53. The molecule has 0 aromatic heterocycles. The van der Waals surface area contributed by atoms with E-state index in [-0.39, 0.29) is 12.0 Å². The van der Waals surface area contributed by atoms with Crippen molar-refractivity contribution in [2.24, 2.45) is 0 Å². The van der Waals surface area contributed by atoms with Gasteiger partial charge in [0.15, 0.2) is 11.5 Å². The normalized spacial score (nSPS) is 19.4. The average Bonchev–Trinajstić information content (AvgIpc) is 2.89. The first-order chi connectivity index (χ1) is 17.0. The van der Waals surface area contributed by atoms with Crippen molar-refractivity contribution in [3.05, 3.63) is 52.5 Å². The molecule has 0 bridgehead atoms. The molecule has 35 heavy (non-hydrogen) atoms. The summed E-state index contributed by atoms with van der Waals surface area (Å²) in [4.78, 5) is 19.8. The Morgan fingerprint density at radius 1 is 0.971 bits per heavy atom. The Morgan fingerprint density at radius 2 is 1.66 bits per heavy atom. The molecule has 1 amide bonds. The van der Waals surface area contributed by atoms with Crippen LogP contribution in [0, 0.1) is 0 Å². The van der Waals surface area contributed by atoms with Crippen LogP contribution in [0.4, 0.5) is 0 Å². The van der Waals surface area contributed by atoms with Gasteiger partial charge in [0.05, 0.1) is 34.0 Å². The lowest BCUT2D eigenvalue weighted by molar-refractivity contribution is -0.0497. The number of piperazine rings is 1. The van der Waals surface area contributed by atoms with Crippen molar-refractivity contribution < 1.29 is 23.7 Å². The van der Waals surface area contributed by atoms with Gasteiger partial charge in [-0.15, -0.1) is 0 Å². The summed E-state index contributed by atoms with van der Waals surface area (Å²) >= 11 is 6.35. The van der Waals surface area contributed by atoms with Crippen LogP contribution in [0.15, 0.2) is 36.4 Å². The molecule has 0 radical (unpaired) electrons. The monoisotopic (exact) mass is 503 g/mol. The molecular formula is C26H34ClN3O5. The average molecular weight is 504 g/mol. The van der Waals surface area contributed by atoms with Crippen LogP contribution >= 0.6 is 11.6 Å². The van der Waals surface area contributed by atoms with E-state index in [1.807, 2.05) is 23.1 Å². The Morgan fingerprint density at radius 3 is 2.29 bits per heavy atom. The quantitative estimate of drug-likeness (QED) is 0.548. The Balaban J connectivity index is 1.30. The summed E-state index contributed by atoms with van der Waals surface area (Å²) in [6.07, 6.45) is 0.142. The van der Waals surface area contributed by atoms with Gasteiger partial charge >= 0.3 is 0 Å². The minimum Gasteiger partial charge on any atom is -0.493 e. The van der Waals surface area contributed by atoms with E-state index >= 15 is 0 Å². The van der Waals surface area contributed by atoms with Crippen LogP contribution in [0.5, 0.6) is 17.2 Å². The molecule has 0 N–H and O–H groups in total. The van der Waals surface area contributed by atoms with Gasteiger partial charge in [-0.25, -0.2) is 0 Å². The molecule has 2 fully saturated rings. The molecule has 4 rings (SSSR count). The van der Waals surface area contributed by atoms with Gasteiger partial charge < -0.3 is 23.8 Å². The maximum Gasteiger partial charge on any atom is 0.254 e. The summed E-state index contributed by atoms with van der Waals surface area (Å²) in [6.45, 7) is 7.10. The molecule has 2 aromatic carbocycles. The first-order valence-electron chi connectivity index (χ1n) is 11.9.